The van der Waals surface area contributed by atoms with Crippen LogP contribution < -0.4 is 14.4 Å². The average molecular weight is 425 g/mol. The molecule has 2 aromatic rings. The molecule has 2 atom stereocenters. The van der Waals surface area contributed by atoms with E-state index in [-0.39, 0.29) is 12.6 Å². The van der Waals surface area contributed by atoms with Crippen molar-refractivity contribution in [3.05, 3.63) is 59.1 Å². The number of amides is 1. The van der Waals surface area contributed by atoms with Crippen LogP contribution >= 0.6 is 11.6 Å². The summed E-state index contributed by atoms with van der Waals surface area (Å²) in [5.74, 6) is 0.279. The van der Waals surface area contributed by atoms with Crippen LogP contribution in [0.5, 0.6) is 5.75 Å². The molecule has 0 heterocycles. The fraction of sp³-hybridized carbons (Fsp3) is 0.350. The lowest BCUT2D eigenvalue weighted by molar-refractivity contribution is -0.122. The van der Waals surface area contributed by atoms with E-state index in [1.54, 1.807) is 25.1 Å². The number of hydrogen-bond acceptors (Lipinski definition) is 4. The van der Waals surface area contributed by atoms with Crippen molar-refractivity contribution < 1.29 is 17.9 Å². The molecule has 0 fully saturated rings. The van der Waals surface area contributed by atoms with Gasteiger partial charge in [0.2, 0.25) is 15.9 Å². The SMILES string of the molecule is Cc1ccc(OC[C@@H](C)NC(=O)[C@@H](C)N(c2cccc(Cl)c2)S(C)(=O)=O)cc1. The smallest absolute Gasteiger partial charge is 0.243 e. The highest BCUT2D eigenvalue weighted by Gasteiger charge is 2.29. The standard InChI is InChI=1S/C20H25ClN2O4S/c1-14-8-10-19(11-9-14)27-13-15(2)22-20(24)16(3)23(28(4,25)26)18-7-5-6-17(21)12-18/h5-12,15-16H,13H2,1-4H3,(H,22,24)/t15-,16-/m1/s1. The van der Waals surface area contributed by atoms with Gasteiger partial charge in [0.25, 0.3) is 0 Å². The number of halogens is 1. The Kier molecular flexibility index (Phi) is 7.32. The Balaban J connectivity index is 2.04. The van der Waals surface area contributed by atoms with E-state index in [4.69, 9.17) is 16.3 Å². The van der Waals surface area contributed by atoms with Gasteiger partial charge in [-0.05, 0) is 51.1 Å². The van der Waals surface area contributed by atoms with Gasteiger partial charge in [0.05, 0.1) is 18.0 Å². The normalized spacial score (nSPS) is 13.5. The van der Waals surface area contributed by atoms with E-state index in [9.17, 15) is 13.2 Å². The third kappa shape index (κ3) is 6.14. The molecule has 0 unspecified atom stereocenters. The topological polar surface area (TPSA) is 75.7 Å². The molecular formula is C20H25ClN2O4S. The molecule has 2 rings (SSSR count). The summed E-state index contributed by atoms with van der Waals surface area (Å²) in [5, 5.41) is 3.18. The Hall–Kier alpha value is -2.25. The van der Waals surface area contributed by atoms with Crippen molar-refractivity contribution >= 4 is 33.2 Å². The van der Waals surface area contributed by atoms with E-state index in [2.05, 4.69) is 5.32 Å². The fourth-order valence-corrected chi connectivity index (χ4v) is 4.03. The number of rotatable bonds is 8. The average Bonchev–Trinajstić information content (AvgIpc) is 2.60. The number of nitrogens with zero attached hydrogens (tertiary/aromatic N) is 1. The number of sulfonamides is 1. The molecule has 1 amide bonds. The number of carbonyl (C=O) groups excluding carboxylic acids is 1. The number of aryl methyl sites for hydroxylation is 1. The molecule has 1 N–H and O–H groups in total. The lowest BCUT2D eigenvalue weighted by Crippen LogP contribution is -2.50. The molecule has 6 nitrogen and oxygen atoms in total. The van der Waals surface area contributed by atoms with Gasteiger partial charge in [-0.15, -0.1) is 0 Å². The summed E-state index contributed by atoms with van der Waals surface area (Å²) in [5.41, 5.74) is 1.46. The number of ether oxygens (including phenoxy) is 1. The number of hydrogen-bond donors (Lipinski definition) is 1. The molecule has 2 aromatic carbocycles. The van der Waals surface area contributed by atoms with E-state index >= 15 is 0 Å². The highest BCUT2D eigenvalue weighted by atomic mass is 35.5. The van der Waals surface area contributed by atoms with Gasteiger partial charge in [0.15, 0.2) is 0 Å². The van der Waals surface area contributed by atoms with Crippen molar-refractivity contribution in [3.63, 3.8) is 0 Å². The summed E-state index contributed by atoms with van der Waals surface area (Å²) in [6.45, 7) is 5.58. The van der Waals surface area contributed by atoms with Crippen LogP contribution in [0.2, 0.25) is 5.02 Å². The molecular weight excluding hydrogens is 400 g/mol. The minimum Gasteiger partial charge on any atom is -0.491 e. The molecule has 0 aromatic heterocycles. The van der Waals surface area contributed by atoms with Crippen LogP contribution in [0.3, 0.4) is 0 Å². The molecule has 152 valence electrons. The highest BCUT2D eigenvalue weighted by Crippen LogP contribution is 2.24. The zero-order valence-corrected chi connectivity index (χ0v) is 17.9. The van der Waals surface area contributed by atoms with Crippen LogP contribution in [0.1, 0.15) is 19.4 Å². The predicted molar refractivity (Wildman–Crippen MR) is 113 cm³/mol. The van der Waals surface area contributed by atoms with Crippen LogP contribution in [0.15, 0.2) is 48.5 Å². The van der Waals surface area contributed by atoms with E-state index in [1.807, 2.05) is 31.2 Å². The van der Waals surface area contributed by atoms with Crippen LogP contribution in [-0.4, -0.2) is 39.3 Å². The summed E-state index contributed by atoms with van der Waals surface area (Å²) in [4.78, 5) is 12.7. The van der Waals surface area contributed by atoms with Gasteiger partial charge in [-0.25, -0.2) is 8.42 Å². The van der Waals surface area contributed by atoms with Crippen molar-refractivity contribution in [1.29, 1.82) is 0 Å². The molecule has 0 aliphatic heterocycles. The van der Waals surface area contributed by atoms with Gasteiger partial charge < -0.3 is 10.1 Å². The van der Waals surface area contributed by atoms with Gasteiger partial charge in [-0.3, -0.25) is 9.10 Å². The molecule has 0 spiro atoms. The number of nitrogens with one attached hydrogen (secondary N) is 1. The summed E-state index contributed by atoms with van der Waals surface area (Å²) in [7, 11) is -3.69. The number of carbonyl (C=O) groups is 1. The Morgan fingerprint density at radius 2 is 1.82 bits per heavy atom. The van der Waals surface area contributed by atoms with E-state index in [0.717, 1.165) is 16.1 Å². The van der Waals surface area contributed by atoms with Gasteiger partial charge >= 0.3 is 0 Å². The molecule has 0 saturated carbocycles. The van der Waals surface area contributed by atoms with Crippen LogP contribution in [-0.2, 0) is 14.8 Å². The Morgan fingerprint density at radius 3 is 2.39 bits per heavy atom. The van der Waals surface area contributed by atoms with E-state index < -0.39 is 22.0 Å². The molecule has 0 radical (unpaired) electrons. The van der Waals surface area contributed by atoms with Crippen LogP contribution in [0.25, 0.3) is 0 Å². The molecule has 0 aliphatic rings. The first-order chi connectivity index (χ1) is 13.1. The number of anilines is 1. The number of benzene rings is 2. The molecule has 28 heavy (non-hydrogen) atoms. The highest BCUT2D eigenvalue weighted by molar-refractivity contribution is 7.92. The summed E-state index contributed by atoms with van der Waals surface area (Å²) < 4.78 is 31.3. The first-order valence-corrected chi connectivity index (χ1v) is 11.1. The maximum Gasteiger partial charge on any atom is 0.243 e. The Labute approximate surface area is 171 Å². The van der Waals surface area contributed by atoms with Crippen molar-refractivity contribution in [2.75, 3.05) is 17.2 Å². The summed E-state index contributed by atoms with van der Waals surface area (Å²) >= 11 is 5.98. The quantitative estimate of drug-likeness (QED) is 0.704. The second kappa shape index (κ2) is 9.30. The molecule has 0 bridgehead atoms. The first-order valence-electron chi connectivity index (χ1n) is 8.82. The van der Waals surface area contributed by atoms with Gasteiger partial charge in [-0.2, -0.15) is 0 Å². The van der Waals surface area contributed by atoms with E-state index in [0.29, 0.717) is 16.5 Å². The summed E-state index contributed by atoms with van der Waals surface area (Å²) in [6, 6.07) is 12.7. The Bertz CT molecular complexity index is 916. The first kappa shape index (κ1) is 22.0. The minimum atomic E-state index is -3.69. The molecule has 0 aliphatic carbocycles. The van der Waals surface area contributed by atoms with Crippen molar-refractivity contribution in [2.24, 2.45) is 0 Å². The third-order valence-electron chi connectivity index (χ3n) is 4.06. The van der Waals surface area contributed by atoms with Gasteiger partial charge in [0, 0.05) is 5.02 Å². The second-order valence-electron chi connectivity index (χ2n) is 6.75. The van der Waals surface area contributed by atoms with Crippen LogP contribution in [0.4, 0.5) is 5.69 Å². The van der Waals surface area contributed by atoms with E-state index in [1.165, 1.54) is 13.0 Å². The second-order valence-corrected chi connectivity index (χ2v) is 9.04. The van der Waals surface area contributed by atoms with Gasteiger partial charge in [0.1, 0.15) is 18.4 Å². The fourth-order valence-electron chi connectivity index (χ4n) is 2.68. The molecule has 0 saturated heterocycles. The maximum absolute atomic E-state index is 12.7. The predicted octanol–water partition coefficient (Wildman–Crippen LogP) is 3.39. The zero-order valence-electron chi connectivity index (χ0n) is 16.3. The van der Waals surface area contributed by atoms with Crippen molar-refractivity contribution in [1.82, 2.24) is 5.32 Å². The lowest BCUT2D eigenvalue weighted by Gasteiger charge is -2.29. The summed E-state index contributed by atoms with van der Waals surface area (Å²) in [6.07, 6.45) is 1.06. The monoisotopic (exact) mass is 424 g/mol. The van der Waals surface area contributed by atoms with Crippen LogP contribution in [0, 0.1) is 6.92 Å². The molecule has 8 heteroatoms. The zero-order chi connectivity index (χ0) is 20.9. The minimum absolute atomic E-state index is 0.261. The lowest BCUT2D eigenvalue weighted by atomic mass is 10.2. The largest absolute Gasteiger partial charge is 0.491 e. The van der Waals surface area contributed by atoms with Crippen molar-refractivity contribution in [2.45, 2.75) is 32.9 Å². The van der Waals surface area contributed by atoms with Crippen molar-refractivity contribution in [3.8, 4) is 5.75 Å². The maximum atomic E-state index is 12.7. The Morgan fingerprint density at radius 1 is 1.18 bits per heavy atom. The third-order valence-corrected chi connectivity index (χ3v) is 5.54. The van der Waals surface area contributed by atoms with Gasteiger partial charge in [-0.1, -0.05) is 35.4 Å².